The quantitative estimate of drug-likeness (QED) is 0.351. The Balaban J connectivity index is 1.77. The minimum absolute atomic E-state index is 0.290. The number of allylic oxidation sites excluding steroid dienone is 1. The highest BCUT2D eigenvalue weighted by Gasteiger charge is 2.49. The zero-order chi connectivity index (χ0) is 25.1. The summed E-state index contributed by atoms with van der Waals surface area (Å²) in [5.41, 5.74) is -2.42. The van der Waals surface area contributed by atoms with Crippen LogP contribution in [-0.2, 0) is 10.8 Å². The van der Waals surface area contributed by atoms with Gasteiger partial charge in [0, 0.05) is 5.56 Å². The van der Waals surface area contributed by atoms with Crippen LogP contribution < -0.4 is 0 Å². The molecule has 0 N–H and O–H groups in total. The second-order valence-corrected chi connectivity index (χ2v) is 8.55. The van der Waals surface area contributed by atoms with Gasteiger partial charge >= 0.3 is 12.5 Å². The SMILES string of the molecule is CCCC1CCC(C=Cc2ccc(-c3cc(F)c(C(F)(F)OC(F)(F)F)c(F)c3)c(F)c2)CC1. The fourth-order valence-electron chi connectivity index (χ4n) is 4.40. The van der Waals surface area contributed by atoms with Crippen molar-refractivity contribution in [3.8, 4) is 11.1 Å². The maximum Gasteiger partial charge on any atom is 0.527 e. The molecule has 1 nitrogen and oxygen atoms in total. The van der Waals surface area contributed by atoms with Crippen molar-refractivity contribution < 1.29 is 39.9 Å². The van der Waals surface area contributed by atoms with Crippen LogP contribution in [0.2, 0.25) is 0 Å². The van der Waals surface area contributed by atoms with Crippen molar-refractivity contribution in [1.82, 2.24) is 0 Å². The lowest BCUT2D eigenvalue weighted by Gasteiger charge is -2.26. The van der Waals surface area contributed by atoms with Crippen molar-refractivity contribution in [2.75, 3.05) is 0 Å². The third-order valence-electron chi connectivity index (χ3n) is 6.03. The van der Waals surface area contributed by atoms with Crippen LogP contribution in [0, 0.1) is 29.3 Å². The van der Waals surface area contributed by atoms with Crippen LogP contribution in [0.15, 0.2) is 36.4 Å². The topological polar surface area (TPSA) is 9.23 Å². The number of hydrogen-bond acceptors (Lipinski definition) is 1. The van der Waals surface area contributed by atoms with Gasteiger partial charge < -0.3 is 0 Å². The Morgan fingerprint density at radius 1 is 0.882 bits per heavy atom. The van der Waals surface area contributed by atoms with Crippen molar-refractivity contribution in [3.05, 3.63) is 65.0 Å². The number of ether oxygens (including phenoxy) is 1. The fourth-order valence-corrected chi connectivity index (χ4v) is 4.40. The van der Waals surface area contributed by atoms with Crippen LogP contribution in [0.25, 0.3) is 17.2 Å². The van der Waals surface area contributed by atoms with Gasteiger partial charge in [-0.3, -0.25) is 0 Å². The number of alkyl halides is 5. The molecule has 1 fully saturated rings. The van der Waals surface area contributed by atoms with E-state index in [9.17, 15) is 35.1 Å². The Kier molecular flexibility index (Phi) is 8.06. The van der Waals surface area contributed by atoms with Crippen molar-refractivity contribution in [3.63, 3.8) is 0 Å². The summed E-state index contributed by atoms with van der Waals surface area (Å²) in [6.45, 7) is 2.17. The zero-order valence-corrected chi connectivity index (χ0v) is 18.4. The van der Waals surface area contributed by atoms with Gasteiger partial charge in [0.1, 0.15) is 23.0 Å². The Hall–Kier alpha value is -2.42. The third kappa shape index (κ3) is 6.58. The summed E-state index contributed by atoms with van der Waals surface area (Å²) >= 11 is 0. The van der Waals surface area contributed by atoms with E-state index in [-0.39, 0.29) is 5.56 Å². The van der Waals surface area contributed by atoms with Gasteiger partial charge in [-0.1, -0.05) is 44.1 Å². The molecule has 1 aliphatic rings. The van der Waals surface area contributed by atoms with Crippen LogP contribution >= 0.6 is 0 Å². The van der Waals surface area contributed by atoms with Crippen LogP contribution in [-0.4, -0.2) is 6.36 Å². The summed E-state index contributed by atoms with van der Waals surface area (Å²) in [4.78, 5) is 0. The monoisotopic (exact) mass is 492 g/mol. The molecule has 34 heavy (non-hydrogen) atoms. The fraction of sp³-hybridized carbons (Fsp3) is 0.440. The molecule has 186 valence electrons. The number of halogens is 8. The van der Waals surface area contributed by atoms with Gasteiger partial charge in [-0.15, -0.1) is 13.2 Å². The van der Waals surface area contributed by atoms with Crippen molar-refractivity contribution in [1.29, 1.82) is 0 Å². The van der Waals surface area contributed by atoms with Crippen molar-refractivity contribution >= 4 is 6.08 Å². The second kappa shape index (κ2) is 10.5. The lowest BCUT2D eigenvalue weighted by molar-refractivity contribution is -0.432. The number of benzene rings is 2. The molecule has 1 saturated carbocycles. The van der Waals surface area contributed by atoms with E-state index in [1.54, 1.807) is 6.08 Å². The third-order valence-corrected chi connectivity index (χ3v) is 6.03. The van der Waals surface area contributed by atoms with E-state index in [4.69, 9.17) is 0 Å². The Morgan fingerprint density at radius 3 is 2.03 bits per heavy atom. The molecular formula is C25H24F8O. The molecule has 0 unspecified atom stereocenters. The molecular weight excluding hydrogens is 468 g/mol. The summed E-state index contributed by atoms with van der Waals surface area (Å²) in [5.74, 6) is -3.72. The van der Waals surface area contributed by atoms with E-state index in [2.05, 4.69) is 11.7 Å². The van der Waals surface area contributed by atoms with E-state index in [0.29, 0.717) is 23.6 Å². The first kappa shape index (κ1) is 26.2. The average molecular weight is 492 g/mol. The van der Waals surface area contributed by atoms with Crippen LogP contribution in [0.1, 0.15) is 56.6 Å². The van der Waals surface area contributed by atoms with Crippen LogP contribution in [0.4, 0.5) is 35.1 Å². The molecule has 0 saturated heterocycles. The first-order valence-corrected chi connectivity index (χ1v) is 11.0. The van der Waals surface area contributed by atoms with Gasteiger partial charge in [0.05, 0.1) is 0 Å². The largest absolute Gasteiger partial charge is 0.527 e. The van der Waals surface area contributed by atoms with Crippen molar-refractivity contribution in [2.45, 2.75) is 57.9 Å². The molecule has 0 aromatic heterocycles. The highest BCUT2D eigenvalue weighted by molar-refractivity contribution is 5.67. The van der Waals surface area contributed by atoms with E-state index in [1.165, 1.54) is 18.6 Å². The minimum Gasteiger partial charge on any atom is -0.222 e. The molecule has 0 heterocycles. The molecule has 0 bridgehead atoms. The molecule has 9 heteroatoms. The highest BCUT2D eigenvalue weighted by Crippen LogP contribution is 2.40. The first-order valence-electron chi connectivity index (χ1n) is 11.0. The molecule has 0 radical (unpaired) electrons. The Labute approximate surface area is 192 Å². The Bertz CT molecular complexity index is 997. The van der Waals surface area contributed by atoms with Gasteiger partial charge in [-0.25, -0.2) is 17.9 Å². The first-order chi connectivity index (χ1) is 15.9. The van der Waals surface area contributed by atoms with Crippen LogP contribution in [0.3, 0.4) is 0 Å². The number of hydrogen-bond donors (Lipinski definition) is 0. The number of rotatable bonds is 7. The lowest BCUT2D eigenvalue weighted by Crippen LogP contribution is -2.29. The minimum atomic E-state index is -5.83. The van der Waals surface area contributed by atoms with Gasteiger partial charge in [0.25, 0.3) is 0 Å². The molecule has 0 aliphatic heterocycles. The average Bonchev–Trinajstić information content (AvgIpc) is 2.71. The van der Waals surface area contributed by atoms with E-state index < -0.39 is 41.0 Å². The summed E-state index contributed by atoms with van der Waals surface area (Å²) in [6.07, 6.45) is -0.573. The maximum atomic E-state index is 14.7. The smallest absolute Gasteiger partial charge is 0.222 e. The predicted octanol–water partition coefficient (Wildman–Crippen LogP) is 8.98. The van der Waals surface area contributed by atoms with Gasteiger partial charge in [-0.05, 0) is 66.8 Å². The summed E-state index contributed by atoms with van der Waals surface area (Å²) in [6, 6.07) is 4.55. The van der Waals surface area contributed by atoms with E-state index >= 15 is 0 Å². The molecule has 2 aromatic rings. The maximum absolute atomic E-state index is 14.7. The zero-order valence-electron chi connectivity index (χ0n) is 18.4. The lowest BCUT2D eigenvalue weighted by atomic mass is 9.80. The van der Waals surface area contributed by atoms with Gasteiger partial charge in [0.15, 0.2) is 0 Å². The van der Waals surface area contributed by atoms with E-state index in [1.807, 2.05) is 6.08 Å². The van der Waals surface area contributed by atoms with Gasteiger partial charge in [0.2, 0.25) is 0 Å². The van der Waals surface area contributed by atoms with Gasteiger partial charge in [-0.2, -0.15) is 8.78 Å². The molecule has 0 spiro atoms. The predicted molar refractivity (Wildman–Crippen MR) is 112 cm³/mol. The van der Waals surface area contributed by atoms with E-state index in [0.717, 1.165) is 44.1 Å². The molecule has 1 aliphatic carbocycles. The standard InChI is InChI=1S/C25H24F8O/c1-2-3-15-4-6-16(7-5-15)8-9-17-10-11-19(20(26)12-17)18-13-21(27)23(22(28)14-18)24(29,30)34-25(31,32)33/h8-16H,2-7H2,1H3. The molecule has 2 aromatic carbocycles. The second-order valence-electron chi connectivity index (χ2n) is 8.55. The summed E-state index contributed by atoms with van der Waals surface area (Å²) in [7, 11) is 0. The summed E-state index contributed by atoms with van der Waals surface area (Å²) < 4.78 is 109. The molecule has 0 atom stereocenters. The highest BCUT2D eigenvalue weighted by atomic mass is 19.4. The summed E-state index contributed by atoms with van der Waals surface area (Å²) in [5, 5.41) is 0. The van der Waals surface area contributed by atoms with Crippen LogP contribution in [0.5, 0.6) is 0 Å². The molecule has 3 rings (SSSR count). The molecule has 0 amide bonds. The normalized spacial score (nSPS) is 19.7. The Morgan fingerprint density at radius 2 is 1.50 bits per heavy atom. The van der Waals surface area contributed by atoms with Crippen molar-refractivity contribution in [2.24, 2.45) is 11.8 Å².